The third kappa shape index (κ3) is 4.56. The molecule has 2 atom stereocenters. The highest BCUT2D eigenvalue weighted by Crippen LogP contribution is 2.48. The molecule has 2 aliphatic heterocycles. The van der Waals surface area contributed by atoms with Gasteiger partial charge in [-0.05, 0) is 92.4 Å². The van der Waals surface area contributed by atoms with Crippen LogP contribution in [0.3, 0.4) is 0 Å². The highest BCUT2D eigenvalue weighted by Gasteiger charge is 2.42. The largest absolute Gasteiger partial charge is 0.337 e. The Balaban J connectivity index is 1.10. The Hall–Kier alpha value is -3.71. The van der Waals surface area contributed by atoms with Crippen molar-refractivity contribution in [3.8, 4) is 5.69 Å². The summed E-state index contributed by atoms with van der Waals surface area (Å²) in [4.78, 5) is 17.6. The summed E-state index contributed by atoms with van der Waals surface area (Å²) in [6.07, 6.45) is 6.57. The fourth-order valence-electron chi connectivity index (χ4n) is 6.20. The maximum Gasteiger partial charge on any atom is 0.332 e. The number of nitrogens with zero attached hydrogens (tertiary/aromatic N) is 4. The minimum absolute atomic E-state index is 0.00871. The first-order valence-corrected chi connectivity index (χ1v) is 13.4. The Kier molecular flexibility index (Phi) is 6.62. The molecule has 1 aromatic heterocycles. The Bertz CT molecular complexity index is 1490. The number of likely N-dealkylation sites (tertiary alicyclic amines) is 1. The molecule has 38 heavy (non-hydrogen) atoms. The van der Waals surface area contributed by atoms with E-state index >= 15 is 0 Å². The van der Waals surface area contributed by atoms with Gasteiger partial charge >= 0.3 is 5.69 Å². The Morgan fingerprint density at radius 3 is 2.45 bits per heavy atom. The molecule has 0 amide bonds. The number of rotatable bonds is 7. The molecule has 1 fully saturated rings. The molecule has 3 aromatic carbocycles. The van der Waals surface area contributed by atoms with Crippen LogP contribution in [0.4, 0.5) is 20.2 Å². The van der Waals surface area contributed by atoms with Crippen molar-refractivity contribution in [3.63, 3.8) is 0 Å². The van der Waals surface area contributed by atoms with E-state index in [-0.39, 0.29) is 29.3 Å². The average molecular weight is 515 g/mol. The first kappa shape index (κ1) is 24.6. The van der Waals surface area contributed by atoms with Crippen LogP contribution in [0.5, 0.6) is 0 Å². The summed E-state index contributed by atoms with van der Waals surface area (Å²) in [5.41, 5.74) is 4.98. The summed E-state index contributed by atoms with van der Waals surface area (Å²) in [5, 5.41) is 0. The lowest BCUT2D eigenvalue weighted by atomic mass is 9.89. The number of benzene rings is 3. The summed E-state index contributed by atoms with van der Waals surface area (Å²) in [5.74, 6) is -0.276. The van der Waals surface area contributed by atoms with Crippen molar-refractivity contribution >= 4 is 11.4 Å². The molecule has 7 heteroatoms. The van der Waals surface area contributed by atoms with Gasteiger partial charge in [-0.25, -0.2) is 13.6 Å². The van der Waals surface area contributed by atoms with Crippen molar-refractivity contribution in [2.24, 2.45) is 0 Å². The number of halogens is 2. The molecule has 3 heterocycles. The van der Waals surface area contributed by atoms with Crippen LogP contribution < -0.4 is 10.6 Å². The minimum Gasteiger partial charge on any atom is -0.337 e. The Morgan fingerprint density at radius 1 is 0.868 bits per heavy atom. The fraction of sp³-hybridized carbons (Fsp3) is 0.323. The monoisotopic (exact) mass is 514 g/mol. The van der Waals surface area contributed by atoms with Crippen molar-refractivity contribution in [2.45, 2.75) is 44.7 Å². The minimum atomic E-state index is -0.257. The molecule has 1 saturated heterocycles. The number of piperidine rings is 1. The summed E-state index contributed by atoms with van der Waals surface area (Å²) >= 11 is 0. The second kappa shape index (κ2) is 10.2. The average Bonchev–Trinajstić information content (AvgIpc) is 3.44. The lowest BCUT2D eigenvalue weighted by Gasteiger charge is -2.39. The van der Waals surface area contributed by atoms with E-state index in [9.17, 15) is 13.6 Å². The fourth-order valence-corrected chi connectivity index (χ4v) is 6.20. The standard InChI is InChI=1S/C31H32F2N4O/c1-22-6-2-3-7-28(22)36-19-18-35(31(36)38)16-5-4-15-34-17-14-30-27(21-34)26-20-24(33)10-13-29(26)37(30)25-11-8-23(32)9-12-25/h2-3,6-13,18-20,27,30H,4-5,14-17,21H2,1H3/t27-,30+/m0/s1. The Labute approximate surface area is 221 Å². The molecule has 0 aliphatic carbocycles. The number of aromatic nitrogens is 2. The number of fused-ring (bicyclic) bond motifs is 3. The number of aryl methyl sites for hydroxylation is 2. The van der Waals surface area contributed by atoms with E-state index in [0.29, 0.717) is 6.54 Å². The molecule has 4 aromatic rings. The molecule has 0 radical (unpaired) electrons. The van der Waals surface area contributed by atoms with Gasteiger partial charge in [0, 0.05) is 55.4 Å². The maximum atomic E-state index is 14.3. The van der Waals surface area contributed by atoms with Gasteiger partial charge in [-0.1, -0.05) is 18.2 Å². The zero-order valence-electron chi connectivity index (χ0n) is 21.6. The smallest absolute Gasteiger partial charge is 0.332 e. The molecule has 0 N–H and O–H groups in total. The molecular formula is C31H32F2N4O. The van der Waals surface area contributed by atoms with E-state index in [1.807, 2.05) is 61.8 Å². The predicted octanol–water partition coefficient (Wildman–Crippen LogP) is 6.02. The molecule has 5 nitrogen and oxygen atoms in total. The first-order chi connectivity index (χ1) is 18.5. The van der Waals surface area contributed by atoms with Crippen molar-refractivity contribution in [3.05, 3.63) is 112 Å². The van der Waals surface area contributed by atoms with Crippen molar-refractivity contribution in [1.82, 2.24) is 14.0 Å². The van der Waals surface area contributed by atoms with Crippen LogP contribution >= 0.6 is 0 Å². The lowest BCUT2D eigenvalue weighted by Crippen LogP contribution is -2.45. The van der Waals surface area contributed by atoms with Crippen molar-refractivity contribution in [2.75, 3.05) is 24.5 Å². The van der Waals surface area contributed by atoms with Gasteiger partial charge in [0.25, 0.3) is 0 Å². The molecule has 0 bridgehead atoms. The van der Waals surface area contributed by atoms with Gasteiger partial charge in [0.05, 0.1) is 5.69 Å². The lowest BCUT2D eigenvalue weighted by molar-refractivity contribution is 0.192. The molecule has 0 spiro atoms. The van der Waals surface area contributed by atoms with Crippen LogP contribution in [0, 0.1) is 18.6 Å². The van der Waals surface area contributed by atoms with E-state index in [1.54, 1.807) is 15.2 Å². The van der Waals surface area contributed by atoms with Gasteiger partial charge in [0.1, 0.15) is 11.6 Å². The normalized spacial score (nSPS) is 19.0. The number of anilines is 2. The topological polar surface area (TPSA) is 33.4 Å². The van der Waals surface area contributed by atoms with Crippen LogP contribution in [0.15, 0.2) is 83.9 Å². The molecule has 0 unspecified atom stereocenters. The zero-order chi connectivity index (χ0) is 26.2. The van der Waals surface area contributed by atoms with Gasteiger partial charge in [-0.2, -0.15) is 0 Å². The van der Waals surface area contributed by atoms with Gasteiger partial charge in [-0.3, -0.25) is 9.13 Å². The number of hydrogen-bond acceptors (Lipinski definition) is 3. The number of para-hydroxylation sites is 1. The first-order valence-electron chi connectivity index (χ1n) is 13.4. The number of unbranched alkanes of at least 4 members (excludes halogenated alkanes) is 1. The van der Waals surface area contributed by atoms with Gasteiger partial charge in [0.15, 0.2) is 0 Å². The van der Waals surface area contributed by atoms with E-state index in [2.05, 4.69) is 9.80 Å². The second-order valence-corrected chi connectivity index (χ2v) is 10.5. The summed E-state index contributed by atoms with van der Waals surface area (Å²) < 4.78 is 31.3. The summed E-state index contributed by atoms with van der Waals surface area (Å²) in [6, 6.07) is 19.8. The number of imidazole rings is 1. The highest BCUT2D eigenvalue weighted by atomic mass is 19.1. The maximum absolute atomic E-state index is 14.3. The Morgan fingerprint density at radius 2 is 1.63 bits per heavy atom. The van der Waals surface area contributed by atoms with E-state index in [1.165, 1.54) is 18.2 Å². The van der Waals surface area contributed by atoms with Crippen LogP contribution in [-0.2, 0) is 6.54 Å². The molecule has 0 saturated carbocycles. The molecule has 6 rings (SSSR count). The zero-order valence-corrected chi connectivity index (χ0v) is 21.6. The van der Waals surface area contributed by atoms with Crippen LogP contribution in [0.25, 0.3) is 5.69 Å². The summed E-state index contributed by atoms with van der Waals surface area (Å²) in [6.45, 7) is 5.46. The summed E-state index contributed by atoms with van der Waals surface area (Å²) in [7, 11) is 0. The molecule has 196 valence electrons. The second-order valence-electron chi connectivity index (χ2n) is 10.5. The van der Waals surface area contributed by atoms with E-state index < -0.39 is 0 Å². The quantitative estimate of drug-likeness (QED) is 0.283. The van der Waals surface area contributed by atoms with E-state index in [0.717, 1.165) is 67.1 Å². The molecular weight excluding hydrogens is 482 g/mol. The van der Waals surface area contributed by atoms with Crippen molar-refractivity contribution < 1.29 is 8.78 Å². The van der Waals surface area contributed by atoms with Crippen LogP contribution in [0.1, 0.15) is 36.3 Å². The SMILES string of the molecule is Cc1ccccc1-n1ccn(CCCCN2CC[C@@H]3[C@@H](C2)c2cc(F)ccc2N3c2ccc(F)cc2)c1=O. The molecule has 2 aliphatic rings. The van der Waals surface area contributed by atoms with Gasteiger partial charge in [0.2, 0.25) is 0 Å². The third-order valence-electron chi connectivity index (χ3n) is 8.09. The third-order valence-corrected chi connectivity index (χ3v) is 8.09. The van der Waals surface area contributed by atoms with Gasteiger partial charge < -0.3 is 9.80 Å². The predicted molar refractivity (Wildman–Crippen MR) is 147 cm³/mol. The van der Waals surface area contributed by atoms with E-state index in [4.69, 9.17) is 0 Å². The van der Waals surface area contributed by atoms with Gasteiger partial charge in [-0.15, -0.1) is 0 Å². The number of hydrogen-bond donors (Lipinski definition) is 0. The van der Waals surface area contributed by atoms with Crippen LogP contribution in [-0.4, -0.2) is 39.7 Å². The van der Waals surface area contributed by atoms with Crippen molar-refractivity contribution in [1.29, 1.82) is 0 Å². The highest BCUT2D eigenvalue weighted by molar-refractivity contribution is 5.73. The van der Waals surface area contributed by atoms with Crippen LogP contribution in [0.2, 0.25) is 0 Å².